The maximum absolute atomic E-state index is 14.2. The molecule has 0 aliphatic carbocycles. The van der Waals surface area contributed by atoms with Gasteiger partial charge in [0.15, 0.2) is 0 Å². The Morgan fingerprint density at radius 3 is 2.83 bits per heavy atom. The van der Waals surface area contributed by atoms with Crippen molar-refractivity contribution in [3.8, 4) is 11.4 Å². The Hall–Kier alpha value is -4.02. The normalized spacial score (nSPS) is 13.3. The SMILES string of the molecule is COc1ccc(C(=O)Nc2cc(-n3cnnn3)ccc2F)cc1N1CCNC1=O. The van der Waals surface area contributed by atoms with Crippen LogP contribution in [0.3, 0.4) is 0 Å². The van der Waals surface area contributed by atoms with Crippen molar-refractivity contribution >= 4 is 23.3 Å². The van der Waals surface area contributed by atoms with E-state index in [0.717, 1.165) is 0 Å². The van der Waals surface area contributed by atoms with Gasteiger partial charge in [0.25, 0.3) is 5.91 Å². The number of halogens is 1. The Kier molecular flexibility index (Phi) is 4.77. The number of nitrogens with one attached hydrogen (secondary N) is 2. The van der Waals surface area contributed by atoms with E-state index >= 15 is 0 Å². The summed E-state index contributed by atoms with van der Waals surface area (Å²) in [6.07, 6.45) is 1.36. The molecule has 1 aromatic heterocycles. The van der Waals surface area contributed by atoms with Crippen molar-refractivity contribution in [1.29, 1.82) is 0 Å². The van der Waals surface area contributed by atoms with E-state index in [9.17, 15) is 14.0 Å². The van der Waals surface area contributed by atoms with Crippen LogP contribution in [0.2, 0.25) is 0 Å². The van der Waals surface area contributed by atoms with E-state index in [1.165, 1.54) is 53.4 Å². The molecule has 1 aliphatic heterocycles. The summed E-state index contributed by atoms with van der Waals surface area (Å²) in [6.45, 7) is 0.941. The third-order valence-electron chi connectivity index (χ3n) is 4.40. The number of tetrazole rings is 1. The molecule has 0 atom stereocenters. The highest BCUT2D eigenvalue weighted by Crippen LogP contribution is 2.31. The molecule has 29 heavy (non-hydrogen) atoms. The number of carbonyl (C=O) groups is 2. The van der Waals surface area contributed by atoms with Crippen molar-refractivity contribution in [2.24, 2.45) is 0 Å². The van der Waals surface area contributed by atoms with Crippen molar-refractivity contribution in [1.82, 2.24) is 25.5 Å². The predicted molar refractivity (Wildman–Crippen MR) is 101 cm³/mol. The van der Waals surface area contributed by atoms with Gasteiger partial charge in [-0.1, -0.05) is 0 Å². The average Bonchev–Trinajstić information content (AvgIpc) is 3.41. The van der Waals surface area contributed by atoms with Crippen LogP contribution in [0.25, 0.3) is 5.69 Å². The van der Waals surface area contributed by atoms with Crippen LogP contribution in [-0.2, 0) is 0 Å². The van der Waals surface area contributed by atoms with Crippen LogP contribution in [0.15, 0.2) is 42.7 Å². The van der Waals surface area contributed by atoms with Gasteiger partial charge in [0.05, 0.1) is 24.2 Å². The fourth-order valence-corrected chi connectivity index (χ4v) is 2.97. The lowest BCUT2D eigenvalue weighted by Crippen LogP contribution is -2.28. The second kappa shape index (κ2) is 7.54. The number of aromatic nitrogens is 4. The summed E-state index contributed by atoms with van der Waals surface area (Å²) in [4.78, 5) is 26.2. The van der Waals surface area contributed by atoms with Crippen LogP contribution in [0.5, 0.6) is 5.75 Å². The van der Waals surface area contributed by atoms with Crippen molar-refractivity contribution in [2.45, 2.75) is 0 Å². The zero-order chi connectivity index (χ0) is 20.4. The molecule has 148 valence electrons. The van der Waals surface area contributed by atoms with Gasteiger partial charge in [-0.25, -0.2) is 13.9 Å². The van der Waals surface area contributed by atoms with Crippen LogP contribution >= 0.6 is 0 Å². The van der Waals surface area contributed by atoms with Gasteiger partial charge in [0, 0.05) is 18.7 Å². The number of amides is 3. The molecular weight excluding hydrogens is 381 g/mol. The van der Waals surface area contributed by atoms with Gasteiger partial charge in [0.1, 0.15) is 17.9 Å². The third-order valence-corrected chi connectivity index (χ3v) is 4.40. The number of ether oxygens (including phenoxy) is 1. The van der Waals surface area contributed by atoms with E-state index in [4.69, 9.17) is 4.74 Å². The summed E-state index contributed by atoms with van der Waals surface area (Å²) in [6, 6.07) is 8.49. The van der Waals surface area contributed by atoms with Gasteiger partial charge in [-0.2, -0.15) is 0 Å². The number of urea groups is 1. The first kappa shape index (κ1) is 18.3. The van der Waals surface area contributed by atoms with Crippen molar-refractivity contribution in [2.75, 3.05) is 30.4 Å². The Bertz CT molecular complexity index is 1070. The van der Waals surface area contributed by atoms with Gasteiger partial charge in [0.2, 0.25) is 0 Å². The van der Waals surface area contributed by atoms with Gasteiger partial charge >= 0.3 is 6.03 Å². The highest BCUT2D eigenvalue weighted by atomic mass is 19.1. The smallest absolute Gasteiger partial charge is 0.322 e. The molecule has 3 aromatic rings. The average molecular weight is 397 g/mol. The second-order valence-electron chi connectivity index (χ2n) is 6.14. The number of nitrogens with zero attached hydrogens (tertiary/aromatic N) is 5. The van der Waals surface area contributed by atoms with E-state index in [0.29, 0.717) is 30.2 Å². The number of anilines is 2. The maximum Gasteiger partial charge on any atom is 0.322 e. The minimum absolute atomic E-state index is 0.0284. The first-order chi connectivity index (χ1) is 14.1. The molecule has 0 bridgehead atoms. The molecule has 4 rings (SSSR count). The zero-order valence-electron chi connectivity index (χ0n) is 15.3. The number of rotatable bonds is 5. The number of methoxy groups -OCH3 is 1. The van der Waals surface area contributed by atoms with E-state index < -0.39 is 11.7 Å². The minimum Gasteiger partial charge on any atom is -0.495 e. The molecule has 0 saturated carbocycles. The lowest BCUT2D eigenvalue weighted by Gasteiger charge is -2.18. The van der Waals surface area contributed by atoms with E-state index in [-0.39, 0.29) is 17.3 Å². The summed E-state index contributed by atoms with van der Waals surface area (Å²) < 4.78 is 20.9. The fourth-order valence-electron chi connectivity index (χ4n) is 2.97. The highest BCUT2D eigenvalue weighted by Gasteiger charge is 2.25. The number of hydrogen-bond acceptors (Lipinski definition) is 6. The zero-order valence-corrected chi connectivity index (χ0v) is 15.3. The number of carbonyl (C=O) groups excluding carboxylic acids is 2. The van der Waals surface area contributed by atoms with Gasteiger partial charge in [-0.05, 0) is 46.8 Å². The van der Waals surface area contributed by atoms with Gasteiger partial charge in [-0.3, -0.25) is 9.69 Å². The molecule has 0 unspecified atom stereocenters. The summed E-state index contributed by atoms with van der Waals surface area (Å²) in [5.41, 5.74) is 1.15. The molecule has 2 aromatic carbocycles. The van der Waals surface area contributed by atoms with Gasteiger partial charge < -0.3 is 15.4 Å². The first-order valence-electron chi connectivity index (χ1n) is 8.64. The van der Waals surface area contributed by atoms with Crippen molar-refractivity contribution < 1.29 is 18.7 Å². The van der Waals surface area contributed by atoms with Crippen molar-refractivity contribution in [3.63, 3.8) is 0 Å². The van der Waals surface area contributed by atoms with E-state index in [2.05, 4.69) is 26.2 Å². The summed E-state index contributed by atoms with van der Waals surface area (Å²) in [5, 5.41) is 16.0. The van der Waals surface area contributed by atoms with E-state index in [1.54, 1.807) is 6.07 Å². The van der Waals surface area contributed by atoms with Crippen molar-refractivity contribution in [3.05, 3.63) is 54.1 Å². The quantitative estimate of drug-likeness (QED) is 0.676. The Labute approximate surface area is 164 Å². The second-order valence-corrected chi connectivity index (χ2v) is 6.14. The Balaban J connectivity index is 1.62. The third kappa shape index (κ3) is 3.57. The highest BCUT2D eigenvalue weighted by molar-refractivity contribution is 6.06. The Morgan fingerprint density at radius 2 is 2.14 bits per heavy atom. The largest absolute Gasteiger partial charge is 0.495 e. The lowest BCUT2D eigenvalue weighted by atomic mass is 10.1. The Morgan fingerprint density at radius 1 is 1.28 bits per heavy atom. The summed E-state index contributed by atoms with van der Waals surface area (Å²) in [5.74, 6) is -0.699. The predicted octanol–water partition coefficient (Wildman–Crippen LogP) is 1.59. The monoisotopic (exact) mass is 397 g/mol. The molecule has 10 nitrogen and oxygen atoms in total. The maximum atomic E-state index is 14.2. The minimum atomic E-state index is -0.608. The molecule has 0 spiro atoms. The molecule has 2 heterocycles. The van der Waals surface area contributed by atoms with E-state index in [1.807, 2.05) is 0 Å². The molecule has 2 N–H and O–H groups in total. The molecule has 11 heteroatoms. The molecular formula is C18H16FN7O3. The standard InChI is InChI=1S/C18H16FN7O3/c1-29-16-5-2-11(8-15(16)25-7-6-20-18(25)28)17(27)22-14-9-12(3-4-13(14)19)26-10-21-23-24-26/h2-5,8-10H,6-7H2,1H3,(H,20,28)(H,22,27). The summed E-state index contributed by atoms with van der Waals surface area (Å²) >= 11 is 0. The fraction of sp³-hybridized carbons (Fsp3) is 0.167. The molecule has 1 aliphatic rings. The first-order valence-corrected chi connectivity index (χ1v) is 8.64. The molecule has 1 fully saturated rings. The summed E-state index contributed by atoms with van der Waals surface area (Å²) in [7, 11) is 1.48. The molecule has 3 amide bonds. The molecule has 0 radical (unpaired) electrons. The van der Waals surface area contributed by atoms with Crippen LogP contribution in [0.4, 0.5) is 20.6 Å². The number of benzene rings is 2. The topological polar surface area (TPSA) is 114 Å². The van der Waals surface area contributed by atoms with Gasteiger partial charge in [-0.15, -0.1) is 5.10 Å². The molecule has 1 saturated heterocycles. The van der Waals surface area contributed by atoms with Crippen LogP contribution in [-0.4, -0.2) is 52.3 Å². The number of hydrogen-bond donors (Lipinski definition) is 2. The van der Waals surface area contributed by atoms with Crippen LogP contribution in [0.1, 0.15) is 10.4 Å². The van der Waals surface area contributed by atoms with Crippen LogP contribution in [0, 0.1) is 5.82 Å². The lowest BCUT2D eigenvalue weighted by molar-refractivity contribution is 0.102. The van der Waals surface area contributed by atoms with Crippen LogP contribution < -0.4 is 20.3 Å².